The Morgan fingerprint density at radius 1 is 1.12 bits per heavy atom. The molecule has 2 heteroatoms. The van der Waals surface area contributed by atoms with Gasteiger partial charge in [0.1, 0.15) is 0 Å². The molecule has 1 nitrogen and oxygen atoms in total. The third-order valence-corrected chi connectivity index (χ3v) is 2.30. The maximum Gasteiger partial charge on any atom is 0 e. The van der Waals surface area contributed by atoms with Gasteiger partial charge in [0.25, 0.3) is 0 Å². The van der Waals surface area contributed by atoms with Gasteiger partial charge in [-0.15, -0.1) is 5.56 Å². The van der Waals surface area contributed by atoms with Gasteiger partial charge in [0.05, 0.1) is 0 Å². The summed E-state index contributed by atoms with van der Waals surface area (Å²) < 4.78 is 0. The molecule has 0 aromatic heterocycles. The van der Waals surface area contributed by atoms with E-state index in [9.17, 15) is 0 Å². The van der Waals surface area contributed by atoms with Crippen molar-refractivity contribution in [3.63, 3.8) is 0 Å². The third kappa shape index (κ3) is 5.31. The van der Waals surface area contributed by atoms with Gasteiger partial charge in [-0.1, -0.05) is 6.92 Å². The van der Waals surface area contributed by atoms with Crippen molar-refractivity contribution in [1.29, 1.82) is 0 Å². The second kappa shape index (κ2) is 8.35. The summed E-state index contributed by atoms with van der Waals surface area (Å²) in [4.78, 5) is 2.20. The number of rotatable bonds is 2. The second-order valence-corrected chi connectivity index (χ2v) is 3.54. The first kappa shape index (κ1) is 15.2. The number of hydrogen-bond acceptors (Lipinski definition) is 1. The van der Waals surface area contributed by atoms with Gasteiger partial charge in [0.2, 0.25) is 0 Å². The summed E-state index contributed by atoms with van der Waals surface area (Å²) in [6.45, 7) is 2.20. The molecule has 0 aliphatic carbocycles. The van der Waals surface area contributed by atoms with Crippen molar-refractivity contribution in [1.82, 2.24) is 4.90 Å². The summed E-state index contributed by atoms with van der Waals surface area (Å²) in [5, 5.41) is 0. The number of hydrogen-bond donors (Lipinski definition) is 0. The van der Waals surface area contributed by atoms with Gasteiger partial charge in [-0.05, 0) is 20.1 Å². The molecule has 1 atom stereocenters. The molecule has 0 spiro atoms. The Balaban J connectivity index is 0.000000318. The maximum atomic E-state index is 2.62. The smallest absolute Gasteiger partial charge is 0 e. The largest absolute Gasteiger partial charge is 0.999 e. The van der Waals surface area contributed by atoms with Crippen LogP contribution in [0, 0.1) is 24.3 Å². The molecule has 90 valence electrons. The Hall–Kier alpha value is -0.821. The summed E-state index contributed by atoms with van der Waals surface area (Å²) in [5.74, 6) is 0. The van der Waals surface area contributed by atoms with Gasteiger partial charge >= 0.3 is 0 Å². The van der Waals surface area contributed by atoms with E-state index in [2.05, 4.69) is 74.4 Å². The molecule has 0 N–H and O–H groups in total. The molecule has 0 heterocycles. The van der Waals surface area contributed by atoms with Crippen LogP contribution in [0.4, 0.5) is 0 Å². The zero-order valence-corrected chi connectivity index (χ0v) is 10.9. The Morgan fingerprint density at radius 2 is 1.62 bits per heavy atom. The van der Waals surface area contributed by atoms with Crippen LogP contribution in [0.2, 0.25) is 0 Å². The van der Waals surface area contributed by atoms with Crippen molar-refractivity contribution in [3.05, 3.63) is 60.2 Å². The van der Waals surface area contributed by atoms with E-state index < -0.39 is 0 Å². The van der Waals surface area contributed by atoms with E-state index in [1.54, 1.807) is 6.07 Å². The molecule has 16 heavy (non-hydrogen) atoms. The quantitative estimate of drug-likeness (QED) is 0.587. The van der Waals surface area contributed by atoms with E-state index in [4.69, 9.17) is 0 Å². The van der Waals surface area contributed by atoms with Gasteiger partial charge in [-0.2, -0.15) is 12.1 Å². The fraction of sp³-hybridized carbons (Fsp3) is 0.286. The van der Waals surface area contributed by atoms with Gasteiger partial charge in [-0.3, -0.25) is 0 Å². The maximum absolute atomic E-state index is 2.62. The Morgan fingerprint density at radius 3 is 1.94 bits per heavy atom. The summed E-state index contributed by atoms with van der Waals surface area (Å²) in [5.41, 5.74) is 1.39. The predicted octanol–water partition coefficient (Wildman–Crippen LogP) is 2.63. The molecule has 0 aliphatic rings. The van der Waals surface area contributed by atoms with Gasteiger partial charge < -0.3 is 35.2 Å². The van der Waals surface area contributed by atoms with Crippen LogP contribution < -0.4 is 0 Å². The minimum Gasteiger partial charge on any atom is -0.999 e. The molecule has 0 aliphatic heterocycles. The Labute approximate surface area is 109 Å². The third-order valence-electron chi connectivity index (χ3n) is 2.30. The first-order valence-electron chi connectivity index (χ1n) is 4.92. The molecule has 0 bridgehead atoms. The zero-order valence-electron chi connectivity index (χ0n) is 9.76. The number of nitrogens with zero attached hydrogens (tertiary/aromatic N) is 1. The summed E-state index contributed by atoms with van der Waals surface area (Å²) >= 11 is 0. The van der Waals surface area contributed by atoms with E-state index in [0.29, 0.717) is 6.04 Å². The summed E-state index contributed by atoms with van der Waals surface area (Å²) in [6.07, 6.45) is 0. The predicted molar refractivity (Wildman–Crippen MR) is 61.5 cm³/mol. The van der Waals surface area contributed by atoms with Gasteiger partial charge in [-0.25, -0.2) is 12.1 Å². The first-order chi connectivity index (χ1) is 7.22. The SMILES string of the molecule is CC([c-]1cccc1)N(C)C.[Fe].[c-]1[c-][c-][cH-][c-]1. The molecule has 2 rings (SSSR count). The van der Waals surface area contributed by atoms with Crippen LogP contribution in [0.3, 0.4) is 0 Å². The van der Waals surface area contributed by atoms with Crippen molar-refractivity contribution < 1.29 is 17.1 Å². The zero-order chi connectivity index (χ0) is 11.1. The van der Waals surface area contributed by atoms with Gasteiger partial charge in [0.15, 0.2) is 0 Å². The van der Waals surface area contributed by atoms with Crippen LogP contribution in [-0.2, 0) is 17.1 Å². The molecule has 0 fully saturated rings. The molecule has 0 saturated heterocycles. The van der Waals surface area contributed by atoms with Crippen LogP contribution in [0.15, 0.2) is 30.3 Å². The Bertz CT molecular complexity index is 304. The molecule has 0 radical (unpaired) electrons. The molecule has 0 amide bonds. The first-order valence-corrected chi connectivity index (χ1v) is 4.92. The van der Waals surface area contributed by atoms with Crippen LogP contribution in [-0.4, -0.2) is 19.0 Å². The van der Waals surface area contributed by atoms with E-state index in [1.807, 2.05) is 0 Å². The van der Waals surface area contributed by atoms with E-state index in [0.717, 1.165) is 0 Å². The van der Waals surface area contributed by atoms with Crippen molar-refractivity contribution in [2.45, 2.75) is 13.0 Å². The second-order valence-electron chi connectivity index (χ2n) is 3.54. The summed E-state index contributed by atoms with van der Waals surface area (Å²) in [6, 6.07) is 21.0. The standard InChI is InChI=1S/C9H14N.C5H.Fe/c1-8(10(2)3)9-6-4-5-7-9;1-2-4-5-3-1;/h4-8H,1-3H3;1H;/q-1;-5;. The molecule has 2 aromatic carbocycles. The topological polar surface area (TPSA) is 3.24 Å². The average Bonchev–Trinajstić information content (AvgIpc) is 2.92. The molecule has 2 aromatic rings. The molecule has 0 saturated carbocycles. The van der Waals surface area contributed by atoms with E-state index in [-0.39, 0.29) is 17.1 Å². The van der Waals surface area contributed by atoms with Crippen LogP contribution in [0.25, 0.3) is 0 Å². The van der Waals surface area contributed by atoms with Crippen molar-refractivity contribution in [2.75, 3.05) is 14.1 Å². The van der Waals surface area contributed by atoms with Crippen LogP contribution in [0.5, 0.6) is 0 Å². The van der Waals surface area contributed by atoms with Crippen LogP contribution in [0.1, 0.15) is 18.5 Å². The van der Waals surface area contributed by atoms with Crippen molar-refractivity contribution in [3.8, 4) is 0 Å². The van der Waals surface area contributed by atoms with Crippen LogP contribution >= 0.6 is 0 Å². The Kier molecular flexibility index (Phi) is 7.92. The molecular weight excluding hydrogens is 238 g/mol. The van der Waals surface area contributed by atoms with E-state index in [1.165, 1.54) is 5.56 Å². The fourth-order valence-corrected chi connectivity index (χ4v) is 1.15. The summed E-state index contributed by atoms with van der Waals surface area (Å²) in [7, 11) is 4.19. The van der Waals surface area contributed by atoms with Gasteiger partial charge in [0, 0.05) is 17.1 Å². The average molecular weight is 253 g/mol. The monoisotopic (exact) mass is 253 g/mol. The minimum absolute atomic E-state index is 0. The van der Waals surface area contributed by atoms with Crippen molar-refractivity contribution in [2.24, 2.45) is 0 Å². The van der Waals surface area contributed by atoms with E-state index >= 15 is 0 Å². The minimum atomic E-state index is 0. The molecule has 1 unspecified atom stereocenters. The normalized spacial score (nSPS) is 11.2. The van der Waals surface area contributed by atoms with Crippen molar-refractivity contribution >= 4 is 0 Å². The fourth-order valence-electron chi connectivity index (χ4n) is 1.15. The molecular formula is C14H15FeN-6.